The molecule has 17 heavy (non-hydrogen) atoms. The van der Waals surface area contributed by atoms with Gasteiger partial charge in [-0.1, -0.05) is 11.6 Å². The van der Waals surface area contributed by atoms with Crippen molar-refractivity contribution in [3.63, 3.8) is 0 Å². The maximum Gasteiger partial charge on any atom is 0.261 e. The minimum Gasteiger partial charge on any atom is -0.452 e. The van der Waals surface area contributed by atoms with E-state index in [9.17, 15) is 4.79 Å². The Kier molecular flexibility index (Phi) is 3.51. The van der Waals surface area contributed by atoms with E-state index >= 15 is 0 Å². The molecule has 0 spiro atoms. The summed E-state index contributed by atoms with van der Waals surface area (Å²) in [6, 6.07) is 2.79. The fourth-order valence-electron chi connectivity index (χ4n) is 1.09. The third-order valence-corrected chi connectivity index (χ3v) is 2.43. The topological polar surface area (TPSA) is 68.0 Å². The van der Waals surface area contributed by atoms with Crippen molar-refractivity contribution in [2.24, 2.45) is 0 Å². The number of rotatable bonds is 2. The van der Waals surface area contributed by atoms with Crippen LogP contribution in [0.1, 0.15) is 10.4 Å². The van der Waals surface area contributed by atoms with Crippen molar-refractivity contribution in [3.05, 3.63) is 39.6 Å². The van der Waals surface area contributed by atoms with Crippen LogP contribution in [0.25, 0.3) is 0 Å². The van der Waals surface area contributed by atoms with Crippen molar-refractivity contribution in [1.29, 1.82) is 0 Å². The first-order valence-electron chi connectivity index (χ1n) is 4.30. The molecule has 0 unspecified atom stereocenters. The first-order chi connectivity index (χ1) is 8.06. The number of nitrogens with one attached hydrogen (secondary N) is 1. The smallest absolute Gasteiger partial charge is 0.261 e. The molecule has 2 aromatic heterocycles. The summed E-state index contributed by atoms with van der Waals surface area (Å²) in [4.78, 5) is 19.1. The summed E-state index contributed by atoms with van der Waals surface area (Å²) in [6.45, 7) is 0. The third-order valence-electron chi connectivity index (χ3n) is 1.77. The van der Waals surface area contributed by atoms with Gasteiger partial charge in [0.15, 0.2) is 0 Å². The zero-order chi connectivity index (χ0) is 12.4. The Morgan fingerprint density at radius 2 is 2.06 bits per heavy atom. The predicted molar refractivity (Wildman–Crippen MR) is 63.7 cm³/mol. The van der Waals surface area contributed by atoms with E-state index in [0.29, 0.717) is 0 Å². The van der Waals surface area contributed by atoms with Crippen LogP contribution >= 0.6 is 34.8 Å². The van der Waals surface area contributed by atoms with Crippen LogP contribution < -0.4 is 5.32 Å². The van der Waals surface area contributed by atoms with Gasteiger partial charge in [0.1, 0.15) is 11.0 Å². The van der Waals surface area contributed by atoms with Gasteiger partial charge in [-0.15, -0.1) is 0 Å². The lowest BCUT2D eigenvalue weighted by atomic mass is 10.3. The van der Waals surface area contributed by atoms with Crippen LogP contribution in [0.4, 0.5) is 5.82 Å². The van der Waals surface area contributed by atoms with Crippen LogP contribution in [0.15, 0.2) is 22.8 Å². The minimum atomic E-state index is -0.477. The molecule has 0 aliphatic heterocycles. The Labute approximate surface area is 111 Å². The molecule has 2 heterocycles. The van der Waals surface area contributed by atoms with E-state index < -0.39 is 5.91 Å². The monoisotopic (exact) mass is 291 g/mol. The molecule has 0 aromatic carbocycles. The van der Waals surface area contributed by atoms with E-state index in [2.05, 4.69) is 15.3 Å². The molecular formula is C9H4Cl3N3O2. The number of nitrogens with zero attached hydrogens (tertiary/aromatic N) is 2. The second-order valence-electron chi connectivity index (χ2n) is 2.91. The largest absolute Gasteiger partial charge is 0.452 e. The first-order valence-corrected chi connectivity index (χ1v) is 5.44. The first kappa shape index (κ1) is 12.2. The average Bonchev–Trinajstić information content (AvgIpc) is 2.62. The van der Waals surface area contributed by atoms with E-state index in [-0.39, 0.29) is 27.0 Å². The number of anilines is 1. The zero-order valence-electron chi connectivity index (χ0n) is 8.08. The van der Waals surface area contributed by atoms with Crippen LogP contribution in [0.2, 0.25) is 15.7 Å². The van der Waals surface area contributed by atoms with Crippen LogP contribution in [0, 0.1) is 0 Å². The lowest BCUT2D eigenvalue weighted by molar-refractivity contribution is 0.102. The van der Waals surface area contributed by atoms with Gasteiger partial charge >= 0.3 is 0 Å². The van der Waals surface area contributed by atoms with Crippen LogP contribution in [0.5, 0.6) is 0 Å². The molecule has 5 nitrogen and oxygen atoms in total. The number of hydrogen-bond acceptors (Lipinski definition) is 4. The molecule has 0 radical (unpaired) electrons. The Morgan fingerprint density at radius 1 is 1.29 bits per heavy atom. The number of carbonyl (C=O) groups is 1. The molecule has 0 fully saturated rings. The molecule has 88 valence electrons. The van der Waals surface area contributed by atoms with Gasteiger partial charge in [-0.2, -0.15) is 0 Å². The summed E-state index contributed by atoms with van der Waals surface area (Å²) in [5, 5.41) is 2.52. The number of furan rings is 1. The number of carbonyl (C=O) groups excluding carboxylic acids is 1. The van der Waals surface area contributed by atoms with Gasteiger partial charge < -0.3 is 9.73 Å². The Bertz CT molecular complexity index is 550. The molecular weight excluding hydrogens is 288 g/mol. The summed E-state index contributed by atoms with van der Waals surface area (Å²) in [5.41, 5.74) is 0.192. The summed E-state index contributed by atoms with van der Waals surface area (Å²) in [7, 11) is 0. The van der Waals surface area contributed by atoms with E-state index in [1.807, 2.05) is 0 Å². The van der Waals surface area contributed by atoms with Crippen molar-refractivity contribution in [2.45, 2.75) is 0 Å². The summed E-state index contributed by atoms with van der Waals surface area (Å²) >= 11 is 16.9. The average molecular weight is 293 g/mol. The molecule has 0 atom stereocenters. The Balaban J connectivity index is 2.21. The van der Waals surface area contributed by atoms with Gasteiger partial charge in [0.25, 0.3) is 5.91 Å². The van der Waals surface area contributed by atoms with Crippen molar-refractivity contribution in [2.75, 3.05) is 5.32 Å². The minimum absolute atomic E-state index is 0.00579. The molecule has 2 aromatic rings. The van der Waals surface area contributed by atoms with Gasteiger partial charge in [0, 0.05) is 6.07 Å². The number of aromatic nitrogens is 2. The van der Waals surface area contributed by atoms with Crippen LogP contribution in [-0.4, -0.2) is 15.9 Å². The maximum atomic E-state index is 11.7. The molecule has 0 bridgehead atoms. The number of amides is 1. The van der Waals surface area contributed by atoms with Crippen molar-refractivity contribution < 1.29 is 9.21 Å². The highest BCUT2D eigenvalue weighted by molar-refractivity contribution is 6.33. The lowest BCUT2D eigenvalue weighted by Crippen LogP contribution is -2.12. The van der Waals surface area contributed by atoms with Gasteiger partial charge in [0.05, 0.1) is 11.8 Å². The number of halogens is 3. The van der Waals surface area contributed by atoms with E-state index in [1.165, 1.54) is 18.4 Å². The SMILES string of the molecule is O=C(Nc1cc(Cl)nc(Cl)n1)c1ccoc1Cl. The predicted octanol–water partition coefficient (Wildman–Crippen LogP) is 3.28. The molecule has 0 saturated carbocycles. The Hall–Kier alpha value is -1.30. The summed E-state index contributed by atoms with van der Waals surface area (Å²) in [6.07, 6.45) is 1.30. The fourth-order valence-corrected chi connectivity index (χ4v) is 1.70. The molecule has 0 saturated heterocycles. The Morgan fingerprint density at radius 3 is 2.65 bits per heavy atom. The van der Waals surface area contributed by atoms with Crippen LogP contribution in [-0.2, 0) is 0 Å². The normalized spacial score (nSPS) is 10.3. The molecule has 0 aliphatic rings. The fraction of sp³-hybridized carbons (Fsp3) is 0. The van der Waals surface area contributed by atoms with Gasteiger partial charge in [0.2, 0.25) is 10.5 Å². The molecule has 0 aliphatic carbocycles. The second-order valence-corrected chi connectivity index (χ2v) is 3.98. The van der Waals surface area contributed by atoms with Crippen molar-refractivity contribution in [3.8, 4) is 0 Å². The summed E-state index contributed by atoms with van der Waals surface area (Å²) in [5.74, 6) is -0.299. The second kappa shape index (κ2) is 4.91. The zero-order valence-corrected chi connectivity index (χ0v) is 10.3. The highest BCUT2D eigenvalue weighted by atomic mass is 35.5. The van der Waals surface area contributed by atoms with E-state index in [4.69, 9.17) is 39.2 Å². The van der Waals surface area contributed by atoms with E-state index in [1.54, 1.807) is 0 Å². The van der Waals surface area contributed by atoms with Crippen molar-refractivity contribution >= 4 is 46.5 Å². The molecule has 2 rings (SSSR count). The lowest BCUT2D eigenvalue weighted by Gasteiger charge is -2.03. The van der Waals surface area contributed by atoms with Crippen molar-refractivity contribution in [1.82, 2.24) is 9.97 Å². The molecule has 1 N–H and O–H groups in total. The molecule has 1 amide bonds. The van der Waals surface area contributed by atoms with E-state index in [0.717, 1.165) is 0 Å². The maximum absolute atomic E-state index is 11.7. The standard InChI is InChI=1S/C9H4Cl3N3O2/c10-5-3-6(15-9(12)13-5)14-8(16)4-1-2-17-7(4)11/h1-3H,(H,13,14,15,16). The quantitative estimate of drug-likeness (QED) is 0.681. The number of hydrogen-bond donors (Lipinski definition) is 1. The highest BCUT2D eigenvalue weighted by Gasteiger charge is 2.14. The van der Waals surface area contributed by atoms with Gasteiger partial charge in [-0.05, 0) is 29.3 Å². The highest BCUT2D eigenvalue weighted by Crippen LogP contribution is 2.19. The van der Waals surface area contributed by atoms with Crippen LogP contribution in [0.3, 0.4) is 0 Å². The molecule has 8 heteroatoms. The summed E-state index contributed by atoms with van der Waals surface area (Å²) < 4.78 is 4.79. The van der Waals surface area contributed by atoms with Gasteiger partial charge in [-0.3, -0.25) is 4.79 Å². The third kappa shape index (κ3) is 2.88. The van der Waals surface area contributed by atoms with Gasteiger partial charge in [-0.25, -0.2) is 9.97 Å².